The summed E-state index contributed by atoms with van der Waals surface area (Å²) < 4.78 is 37.6. The van der Waals surface area contributed by atoms with Crippen LogP contribution >= 0.6 is 27.3 Å². The zero-order chi connectivity index (χ0) is 13.2. The van der Waals surface area contributed by atoms with Gasteiger partial charge in [-0.05, 0) is 11.4 Å². The van der Waals surface area contributed by atoms with Crippen LogP contribution in [0.2, 0.25) is 0 Å². The number of hydrogen-bond donors (Lipinski definition) is 0. The molecule has 0 unspecified atom stereocenters. The summed E-state index contributed by atoms with van der Waals surface area (Å²) >= 11 is 4.54. The van der Waals surface area contributed by atoms with Gasteiger partial charge in [0.25, 0.3) is 0 Å². The average molecular weight is 340 g/mol. The molecule has 98 valence electrons. The Hall–Kier alpha value is -0.890. The number of aromatic nitrogens is 2. The highest BCUT2D eigenvalue weighted by atomic mass is 79.9. The number of fused-ring (bicyclic) bond motifs is 1. The van der Waals surface area contributed by atoms with Crippen molar-refractivity contribution >= 4 is 43.3 Å². The Kier molecular flexibility index (Phi) is 4.06. The van der Waals surface area contributed by atoms with Crippen molar-refractivity contribution in [2.75, 3.05) is 23.3 Å². The highest BCUT2D eigenvalue weighted by Crippen LogP contribution is 2.29. The van der Waals surface area contributed by atoms with Crippen LogP contribution < -0.4 is 4.90 Å². The van der Waals surface area contributed by atoms with Crippen molar-refractivity contribution in [1.82, 2.24) is 9.97 Å². The Labute approximate surface area is 114 Å². The second-order valence-corrected chi connectivity index (χ2v) is 5.25. The van der Waals surface area contributed by atoms with Gasteiger partial charge in [-0.15, -0.1) is 11.3 Å². The summed E-state index contributed by atoms with van der Waals surface area (Å²) in [4.78, 5) is 9.92. The lowest BCUT2D eigenvalue weighted by Crippen LogP contribution is -2.36. The van der Waals surface area contributed by atoms with Gasteiger partial charge in [-0.3, -0.25) is 0 Å². The topological polar surface area (TPSA) is 29.0 Å². The smallest absolute Gasteiger partial charge is 0.346 e. The molecular formula is C10H9BrF3N3S. The molecule has 2 rings (SSSR count). The van der Waals surface area contributed by atoms with Gasteiger partial charge >= 0.3 is 6.18 Å². The van der Waals surface area contributed by atoms with E-state index >= 15 is 0 Å². The van der Waals surface area contributed by atoms with Crippen molar-refractivity contribution in [3.63, 3.8) is 0 Å². The van der Waals surface area contributed by atoms with Gasteiger partial charge in [0, 0.05) is 11.9 Å². The Balaban J connectivity index is 2.38. The lowest BCUT2D eigenvalue weighted by Gasteiger charge is -2.24. The fourth-order valence-electron chi connectivity index (χ4n) is 1.61. The molecule has 0 fully saturated rings. The summed E-state index contributed by atoms with van der Waals surface area (Å²) in [7, 11) is 0. The van der Waals surface area contributed by atoms with Gasteiger partial charge in [0.2, 0.25) is 0 Å². The quantitative estimate of drug-likeness (QED) is 0.799. The maximum Gasteiger partial charge on any atom is 0.405 e. The number of thiophene rings is 1. The first-order valence-corrected chi connectivity index (χ1v) is 7.07. The minimum atomic E-state index is -4.25. The van der Waals surface area contributed by atoms with E-state index in [1.54, 1.807) is 11.4 Å². The molecule has 0 spiro atoms. The van der Waals surface area contributed by atoms with Gasteiger partial charge in [-0.1, -0.05) is 15.9 Å². The molecule has 0 aliphatic carbocycles. The number of nitrogens with zero attached hydrogens (tertiary/aromatic N) is 3. The number of alkyl halides is 4. The number of anilines is 1. The number of hydrogen-bond acceptors (Lipinski definition) is 4. The normalized spacial score (nSPS) is 12.0. The third kappa shape index (κ3) is 3.11. The zero-order valence-electron chi connectivity index (χ0n) is 9.12. The van der Waals surface area contributed by atoms with Gasteiger partial charge in [0.05, 0.1) is 5.39 Å². The van der Waals surface area contributed by atoms with E-state index in [9.17, 15) is 13.2 Å². The number of rotatable bonds is 4. The first kappa shape index (κ1) is 13.5. The van der Waals surface area contributed by atoms with Crippen LogP contribution in [0, 0.1) is 0 Å². The molecular weight excluding hydrogens is 331 g/mol. The minimum Gasteiger partial charge on any atom is -0.346 e. The Morgan fingerprint density at radius 2 is 2.11 bits per heavy atom. The van der Waals surface area contributed by atoms with Crippen molar-refractivity contribution in [3.8, 4) is 0 Å². The van der Waals surface area contributed by atoms with Crippen molar-refractivity contribution < 1.29 is 13.2 Å². The average Bonchev–Trinajstić information content (AvgIpc) is 2.74. The summed E-state index contributed by atoms with van der Waals surface area (Å²) in [6, 6.07) is 1.74. The van der Waals surface area contributed by atoms with Crippen LogP contribution in [0.4, 0.5) is 19.0 Å². The molecule has 18 heavy (non-hydrogen) atoms. The Morgan fingerprint density at radius 1 is 1.33 bits per heavy atom. The molecule has 0 N–H and O–H groups in total. The Morgan fingerprint density at radius 3 is 2.78 bits per heavy atom. The van der Waals surface area contributed by atoms with Crippen LogP contribution in [0.25, 0.3) is 10.2 Å². The molecule has 3 nitrogen and oxygen atoms in total. The lowest BCUT2D eigenvalue weighted by molar-refractivity contribution is -0.119. The fraction of sp³-hybridized carbons (Fsp3) is 0.400. The molecule has 0 saturated carbocycles. The molecule has 0 amide bonds. The SMILES string of the molecule is FC(F)(F)CN(CCBr)c1ncnc2sccc12. The van der Waals surface area contributed by atoms with Crippen LogP contribution in [0.15, 0.2) is 17.8 Å². The van der Waals surface area contributed by atoms with Crippen molar-refractivity contribution in [1.29, 1.82) is 0 Å². The van der Waals surface area contributed by atoms with E-state index in [0.717, 1.165) is 0 Å². The van der Waals surface area contributed by atoms with Crippen LogP contribution in [0.3, 0.4) is 0 Å². The first-order chi connectivity index (χ1) is 8.51. The van der Waals surface area contributed by atoms with E-state index in [1.165, 1.54) is 22.6 Å². The second kappa shape index (κ2) is 5.40. The molecule has 2 aromatic heterocycles. The van der Waals surface area contributed by atoms with Crippen molar-refractivity contribution in [3.05, 3.63) is 17.8 Å². The molecule has 0 radical (unpaired) electrons. The van der Waals surface area contributed by atoms with Gasteiger partial charge < -0.3 is 4.90 Å². The lowest BCUT2D eigenvalue weighted by atomic mass is 10.3. The van der Waals surface area contributed by atoms with Crippen molar-refractivity contribution in [2.45, 2.75) is 6.18 Å². The molecule has 2 heterocycles. The van der Waals surface area contributed by atoms with E-state index in [1.807, 2.05) is 0 Å². The Bertz CT molecular complexity index is 528. The molecule has 2 aromatic rings. The molecule has 0 aliphatic rings. The van der Waals surface area contributed by atoms with E-state index in [0.29, 0.717) is 21.4 Å². The van der Waals surface area contributed by atoms with E-state index in [-0.39, 0.29) is 6.54 Å². The largest absolute Gasteiger partial charge is 0.405 e. The van der Waals surface area contributed by atoms with Crippen LogP contribution in [-0.2, 0) is 0 Å². The fourth-order valence-corrected chi connectivity index (χ4v) is 2.76. The minimum absolute atomic E-state index is 0.238. The molecule has 0 aliphatic heterocycles. The third-order valence-corrected chi connectivity index (χ3v) is 3.44. The third-order valence-electron chi connectivity index (χ3n) is 2.26. The maximum atomic E-state index is 12.5. The van der Waals surface area contributed by atoms with Gasteiger partial charge in [-0.2, -0.15) is 13.2 Å². The molecule has 0 aromatic carbocycles. The van der Waals surface area contributed by atoms with Crippen LogP contribution in [0.5, 0.6) is 0 Å². The molecule has 0 saturated heterocycles. The summed E-state index contributed by atoms with van der Waals surface area (Å²) in [6.45, 7) is -0.776. The molecule has 0 bridgehead atoms. The predicted molar refractivity (Wildman–Crippen MR) is 69.5 cm³/mol. The monoisotopic (exact) mass is 339 g/mol. The van der Waals surface area contributed by atoms with Crippen LogP contribution in [0.1, 0.15) is 0 Å². The first-order valence-electron chi connectivity index (χ1n) is 5.07. The summed E-state index contributed by atoms with van der Waals surface area (Å²) in [5.74, 6) is 0.332. The standard InChI is InChI=1S/C10H9BrF3N3S/c11-2-3-17(5-10(12,13)14)8-7-1-4-18-9(7)16-6-15-8/h1,4,6H,2-3,5H2. The summed E-state index contributed by atoms with van der Waals surface area (Å²) in [6.07, 6.45) is -2.96. The number of halogens is 4. The maximum absolute atomic E-state index is 12.5. The van der Waals surface area contributed by atoms with Gasteiger partial charge in [0.1, 0.15) is 23.5 Å². The molecule has 0 atom stereocenters. The molecule has 8 heteroatoms. The van der Waals surface area contributed by atoms with E-state index in [4.69, 9.17) is 0 Å². The van der Waals surface area contributed by atoms with E-state index in [2.05, 4.69) is 25.9 Å². The van der Waals surface area contributed by atoms with Gasteiger partial charge in [-0.25, -0.2) is 9.97 Å². The second-order valence-electron chi connectivity index (χ2n) is 3.56. The van der Waals surface area contributed by atoms with Crippen LogP contribution in [-0.4, -0.2) is 34.6 Å². The highest BCUT2D eigenvalue weighted by molar-refractivity contribution is 9.09. The summed E-state index contributed by atoms with van der Waals surface area (Å²) in [5.41, 5.74) is 0. The van der Waals surface area contributed by atoms with Gasteiger partial charge in [0.15, 0.2) is 0 Å². The highest BCUT2D eigenvalue weighted by Gasteiger charge is 2.31. The van der Waals surface area contributed by atoms with E-state index < -0.39 is 12.7 Å². The zero-order valence-corrected chi connectivity index (χ0v) is 11.5. The predicted octanol–water partition coefficient (Wildman–Crippen LogP) is 3.45. The van der Waals surface area contributed by atoms with Crippen molar-refractivity contribution in [2.24, 2.45) is 0 Å². The summed E-state index contributed by atoms with van der Waals surface area (Å²) in [5, 5.41) is 2.90.